The summed E-state index contributed by atoms with van der Waals surface area (Å²) in [6.45, 7) is 8.27. The van der Waals surface area contributed by atoms with E-state index in [2.05, 4.69) is 72.4 Å². The second-order valence-corrected chi connectivity index (χ2v) is 7.59. The molecule has 0 unspecified atom stereocenters. The van der Waals surface area contributed by atoms with Gasteiger partial charge in [0.1, 0.15) is 11.6 Å². The number of likely N-dealkylation sites (N-methyl/N-ethyl adjacent to an activating group) is 1. The topological polar surface area (TPSA) is 44.3 Å². The van der Waals surface area contributed by atoms with Crippen LogP contribution in [-0.4, -0.2) is 48.1 Å². The SMILES string of the molecule is Cc1cc(C)cc(Nc2cc(N3CCN(C)CC3)nc(-c3ccccc3)n2)c1. The van der Waals surface area contributed by atoms with E-state index in [4.69, 9.17) is 9.97 Å². The van der Waals surface area contributed by atoms with Crippen molar-refractivity contribution in [3.05, 3.63) is 65.7 Å². The highest BCUT2D eigenvalue weighted by Gasteiger charge is 2.18. The smallest absolute Gasteiger partial charge is 0.163 e. The number of benzene rings is 2. The molecule has 2 aromatic carbocycles. The summed E-state index contributed by atoms with van der Waals surface area (Å²) in [6, 6.07) is 18.7. The van der Waals surface area contributed by atoms with Crippen molar-refractivity contribution in [2.24, 2.45) is 0 Å². The number of aryl methyl sites for hydroxylation is 2. The molecule has 0 radical (unpaired) electrons. The van der Waals surface area contributed by atoms with Gasteiger partial charge in [0.15, 0.2) is 5.82 Å². The summed E-state index contributed by atoms with van der Waals surface area (Å²) in [5.41, 5.74) is 4.56. The van der Waals surface area contributed by atoms with Gasteiger partial charge in [-0.15, -0.1) is 0 Å². The average Bonchev–Trinajstić information content (AvgIpc) is 2.68. The van der Waals surface area contributed by atoms with E-state index < -0.39 is 0 Å². The quantitative estimate of drug-likeness (QED) is 0.740. The Hall–Kier alpha value is -2.92. The van der Waals surface area contributed by atoms with Gasteiger partial charge in [-0.05, 0) is 44.2 Å². The van der Waals surface area contributed by atoms with Gasteiger partial charge in [0.25, 0.3) is 0 Å². The maximum atomic E-state index is 4.89. The average molecular weight is 374 g/mol. The van der Waals surface area contributed by atoms with Gasteiger partial charge < -0.3 is 15.1 Å². The summed E-state index contributed by atoms with van der Waals surface area (Å²) in [5.74, 6) is 2.56. The zero-order valence-electron chi connectivity index (χ0n) is 16.8. The van der Waals surface area contributed by atoms with Gasteiger partial charge in [0.2, 0.25) is 0 Å². The lowest BCUT2D eigenvalue weighted by atomic mass is 10.1. The monoisotopic (exact) mass is 373 g/mol. The van der Waals surface area contributed by atoms with Crippen molar-refractivity contribution in [3.8, 4) is 11.4 Å². The summed E-state index contributed by atoms with van der Waals surface area (Å²) < 4.78 is 0. The molecule has 4 rings (SSSR count). The standard InChI is InChI=1S/C23H27N5/c1-17-13-18(2)15-20(14-17)24-21-16-22(28-11-9-27(3)10-12-28)26-23(25-21)19-7-5-4-6-8-19/h4-8,13-16H,9-12H2,1-3H3,(H,24,25,26). The second-order valence-electron chi connectivity index (χ2n) is 7.59. The van der Waals surface area contributed by atoms with Gasteiger partial charge in [-0.2, -0.15) is 0 Å². The van der Waals surface area contributed by atoms with Crippen LogP contribution in [0.3, 0.4) is 0 Å². The molecule has 1 fully saturated rings. The van der Waals surface area contributed by atoms with E-state index in [1.54, 1.807) is 0 Å². The Labute approximate surface area is 167 Å². The summed E-state index contributed by atoms with van der Waals surface area (Å²) in [4.78, 5) is 14.4. The molecule has 144 valence electrons. The summed E-state index contributed by atoms with van der Waals surface area (Å²) in [6.07, 6.45) is 0. The Morgan fingerprint density at radius 2 is 1.50 bits per heavy atom. The molecule has 1 aliphatic rings. The lowest BCUT2D eigenvalue weighted by molar-refractivity contribution is 0.312. The minimum atomic E-state index is 0.754. The summed E-state index contributed by atoms with van der Waals surface area (Å²) in [7, 11) is 2.17. The molecule has 1 aliphatic heterocycles. The number of hydrogen-bond acceptors (Lipinski definition) is 5. The van der Waals surface area contributed by atoms with Gasteiger partial charge in [0.05, 0.1) is 0 Å². The van der Waals surface area contributed by atoms with Gasteiger partial charge in [0, 0.05) is 43.5 Å². The Balaban J connectivity index is 1.71. The van der Waals surface area contributed by atoms with Crippen LogP contribution in [0.2, 0.25) is 0 Å². The molecule has 0 atom stereocenters. The number of piperazine rings is 1. The highest BCUT2D eigenvalue weighted by atomic mass is 15.3. The van der Waals surface area contributed by atoms with E-state index in [0.29, 0.717) is 0 Å². The van der Waals surface area contributed by atoms with Crippen LogP contribution in [-0.2, 0) is 0 Å². The predicted molar refractivity (Wildman–Crippen MR) is 116 cm³/mol. The van der Waals surface area contributed by atoms with Crippen molar-refractivity contribution in [2.45, 2.75) is 13.8 Å². The number of nitrogens with one attached hydrogen (secondary N) is 1. The van der Waals surface area contributed by atoms with Gasteiger partial charge in [-0.25, -0.2) is 9.97 Å². The molecular formula is C23H27N5. The summed E-state index contributed by atoms with van der Waals surface area (Å²) in [5, 5.41) is 3.50. The molecule has 5 heteroatoms. The van der Waals surface area contributed by atoms with E-state index in [9.17, 15) is 0 Å². The third kappa shape index (κ3) is 4.31. The van der Waals surface area contributed by atoms with Crippen LogP contribution in [0.5, 0.6) is 0 Å². The fourth-order valence-electron chi connectivity index (χ4n) is 3.61. The summed E-state index contributed by atoms with van der Waals surface area (Å²) >= 11 is 0. The molecule has 1 saturated heterocycles. The molecule has 0 aliphatic carbocycles. The lowest BCUT2D eigenvalue weighted by Crippen LogP contribution is -2.44. The Kier molecular flexibility index (Phi) is 5.26. The van der Waals surface area contributed by atoms with Crippen molar-refractivity contribution >= 4 is 17.3 Å². The first-order valence-corrected chi connectivity index (χ1v) is 9.80. The van der Waals surface area contributed by atoms with E-state index in [0.717, 1.165) is 54.9 Å². The van der Waals surface area contributed by atoms with Crippen LogP contribution in [0.25, 0.3) is 11.4 Å². The van der Waals surface area contributed by atoms with Crippen LogP contribution in [0, 0.1) is 13.8 Å². The third-order valence-electron chi connectivity index (χ3n) is 5.07. The van der Waals surface area contributed by atoms with Gasteiger partial charge in [-0.3, -0.25) is 0 Å². The first-order valence-electron chi connectivity index (χ1n) is 9.80. The molecule has 0 bridgehead atoms. The molecule has 1 N–H and O–H groups in total. The lowest BCUT2D eigenvalue weighted by Gasteiger charge is -2.33. The first-order chi connectivity index (χ1) is 13.6. The largest absolute Gasteiger partial charge is 0.354 e. The molecule has 3 aromatic rings. The number of hydrogen-bond donors (Lipinski definition) is 1. The zero-order valence-corrected chi connectivity index (χ0v) is 16.8. The van der Waals surface area contributed by atoms with Crippen molar-refractivity contribution in [2.75, 3.05) is 43.4 Å². The molecule has 0 amide bonds. The molecule has 0 saturated carbocycles. The fourth-order valence-corrected chi connectivity index (χ4v) is 3.61. The van der Waals surface area contributed by atoms with Crippen LogP contribution < -0.4 is 10.2 Å². The van der Waals surface area contributed by atoms with Crippen LogP contribution in [0.1, 0.15) is 11.1 Å². The van der Waals surface area contributed by atoms with Crippen LogP contribution in [0.15, 0.2) is 54.6 Å². The maximum absolute atomic E-state index is 4.89. The van der Waals surface area contributed by atoms with E-state index in [-0.39, 0.29) is 0 Å². The molecule has 28 heavy (non-hydrogen) atoms. The molecule has 1 aromatic heterocycles. The van der Waals surface area contributed by atoms with E-state index in [1.165, 1.54) is 11.1 Å². The molecule has 2 heterocycles. The highest BCUT2D eigenvalue weighted by molar-refractivity contribution is 5.66. The zero-order chi connectivity index (χ0) is 19.5. The Morgan fingerprint density at radius 3 is 2.18 bits per heavy atom. The predicted octanol–water partition coefficient (Wildman–Crippen LogP) is 4.26. The van der Waals surface area contributed by atoms with Crippen LogP contribution in [0.4, 0.5) is 17.3 Å². The molecular weight excluding hydrogens is 346 g/mol. The number of nitrogens with zero attached hydrogens (tertiary/aromatic N) is 4. The van der Waals surface area contributed by atoms with Crippen LogP contribution >= 0.6 is 0 Å². The second kappa shape index (κ2) is 7.98. The van der Waals surface area contributed by atoms with Gasteiger partial charge >= 0.3 is 0 Å². The molecule has 0 spiro atoms. The van der Waals surface area contributed by atoms with E-state index >= 15 is 0 Å². The third-order valence-corrected chi connectivity index (χ3v) is 5.07. The first kappa shape index (κ1) is 18.4. The highest BCUT2D eigenvalue weighted by Crippen LogP contribution is 2.26. The number of rotatable bonds is 4. The van der Waals surface area contributed by atoms with Crippen molar-refractivity contribution in [1.82, 2.24) is 14.9 Å². The van der Waals surface area contributed by atoms with Crippen molar-refractivity contribution in [3.63, 3.8) is 0 Å². The minimum absolute atomic E-state index is 0.754. The van der Waals surface area contributed by atoms with Gasteiger partial charge in [-0.1, -0.05) is 36.4 Å². The Bertz CT molecular complexity index is 926. The Morgan fingerprint density at radius 1 is 0.821 bits per heavy atom. The van der Waals surface area contributed by atoms with Crippen molar-refractivity contribution in [1.29, 1.82) is 0 Å². The maximum Gasteiger partial charge on any atom is 0.163 e. The number of anilines is 3. The number of aromatic nitrogens is 2. The fraction of sp³-hybridized carbons (Fsp3) is 0.304. The van der Waals surface area contributed by atoms with Crippen molar-refractivity contribution < 1.29 is 0 Å². The van der Waals surface area contributed by atoms with E-state index in [1.807, 2.05) is 18.2 Å². The minimum Gasteiger partial charge on any atom is -0.354 e. The normalized spacial score (nSPS) is 14.9. The molecule has 5 nitrogen and oxygen atoms in total.